The molecule has 2 rings (SSSR count). The Hall–Kier alpha value is -2.10. The van der Waals surface area contributed by atoms with Gasteiger partial charge in [-0.3, -0.25) is 9.78 Å². The molecule has 0 bridgehead atoms. The van der Waals surface area contributed by atoms with E-state index in [1.165, 1.54) is 12.3 Å². The van der Waals surface area contributed by atoms with E-state index in [4.69, 9.17) is 0 Å². The number of carbonyl (C=O) groups excluding carboxylic acids is 1. The summed E-state index contributed by atoms with van der Waals surface area (Å²) in [6.45, 7) is 1.92. The van der Waals surface area contributed by atoms with Crippen molar-refractivity contribution in [1.29, 1.82) is 0 Å². The second-order valence-corrected chi connectivity index (χ2v) is 4.22. The van der Waals surface area contributed by atoms with Crippen molar-refractivity contribution in [1.82, 2.24) is 4.98 Å². The molecule has 0 aliphatic heterocycles. The van der Waals surface area contributed by atoms with Crippen LogP contribution in [0.5, 0.6) is 0 Å². The monoisotopic (exact) mass is 261 g/mol. The predicted molar refractivity (Wildman–Crippen MR) is 68.0 cm³/mol. The summed E-state index contributed by atoms with van der Waals surface area (Å²) in [5.41, 5.74) is 1.57. The van der Waals surface area contributed by atoms with E-state index in [2.05, 4.69) is 4.98 Å². The van der Waals surface area contributed by atoms with Crippen molar-refractivity contribution in [3.8, 4) is 0 Å². The highest BCUT2D eigenvalue weighted by Gasteiger charge is 2.13. The van der Waals surface area contributed by atoms with E-state index in [0.717, 1.165) is 17.7 Å². The zero-order chi connectivity index (χ0) is 13.8. The molecule has 2 aromatic rings. The molecule has 0 saturated carbocycles. The molecule has 0 atom stereocenters. The van der Waals surface area contributed by atoms with Gasteiger partial charge in [0.15, 0.2) is 5.78 Å². The van der Waals surface area contributed by atoms with E-state index in [-0.39, 0.29) is 17.8 Å². The van der Waals surface area contributed by atoms with Gasteiger partial charge in [0, 0.05) is 30.4 Å². The first kappa shape index (κ1) is 13.3. The molecule has 0 spiro atoms. The van der Waals surface area contributed by atoms with Crippen molar-refractivity contribution in [2.75, 3.05) is 0 Å². The van der Waals surface area contributed by atoms with Gasteiger partial charge in [-0.1, -0.05) is 13.0 Å². The van der Waals surface area contributed by atoms with Crippen LogP contribution in [-0.4, -0.2) is 10.8 Å². The Kier molecular flexibility index (Phi) is 4.00. The topological polar surface area (TPSA) is 30.0 Å². The minimum Gasteiger partial charge on any atom is -0.294 e. The fourth-order valence-electron chi connectivity index (χ4n) is 1.91. The molecule has 0 fully saturated rings. The van der Waals surface area contributed by atoms with Crippen LogP contribution in [0.25, 0.3) is 0 Å². The first-order valence-corrected chi connectivity index (χ1v) is 6.01. The normalized spacial score (nSPS) is 10.5. The summed E-state index contributed by atoms with van der Waals surface area (Å²) in [4.78, 5) is 16.1. The minimum absolute atomic E-state index is 0.0802. The number of pyridine rings is 1. The maximum atomic E-state index is 13.5. The second-order valence-electron chi connectivity index (χ2n) is 4.22. The highest BCUT2D eigenvalue weighted by Crippen LogP contribution is 2.15. The number of carbonyl (C=O) groups is 1. The van der Waals surface area contributed by atoms with Crippen molar-refractivity contribution in [2.45, 2.75) is 19.8 Å². The smallest absolute Gasteiger partial charge is 0.167 e. The van der Waals surface area contributed by atoms with Crippen LogP contribution in [-0.2, 0) is 12.8 Å². The third kappa shape index (κ3) is 3.02. The lowest BCUT2D eigenvalue weighted by molar-refractivity contribution is 0.0990. The first-order valence-electron chi connectivity index (χ1n) is 6.01. The standard InChI is InChI=1S/C15H13F2NO/c1-2-10-9-18-6-5-13(10)15(19)7-11-3-4-12(16)8-14(11)17/h3-6,8-9H,2,7H2,1H3. The molecule has 0 aliphatic rings. The molecular formula is C15H13F2NO. The number of aromatic nitrogens is 1. The highest BCUT2D eigenvalue weighted by molar-refractivity contribution is 5.98. The Morgan fingerprint density at radius 2 is 2.00 bits per heavy atom. The Bertz CT molecular complexity index is 611. The van der Waals surface area contributed by atoms with E-state index in [9.17, 15) is 13.6 Å². The Morgan fingerprint density at radius 1 is 1.21 bits per heavy atom. The number of hydrogen-bond donors (Lipinski definition) is 0. The summed E-state index contributed by atoms with van der Waals surface area (Å²) < 4.78 is 26.3. The van der Waals surface area contributed by atoms with Gasteiger partial charge in [-0.2, -0.15) is 0 Å². The molecular weight excluding hydrogens is 248 g/mol. The predicted octanol–water partition coefficient (Wildman–Crippen LogP) is 3.35. The summed E-state index contributed by atoms with van der Waals surface area (Å²) in [6.07, 6.45) is 3.77. The van der Waals surface area contributed by atoms with Crippen molar-refractivity contribution < 1.29 is 13.6 Å². The molecule has 1 aromatic heterocycles. The van der Waals surface area contributed by atoms with Crippen molar-refractivity contribution in [3.63, 3.8) is 0 Å². The maximum absolute atomic E-state index is 13.5. The molecule has 1 aromatic carbocycles. The van der Waals surface area contributed by atoms with Crippen LogP contribution in [0, 0.1) is 11.6 Å². The van der Waals surface area contributed by atoms with Crippen LogP contribution >= 0.6 is 0 Å². The van der Waals surface area contributed by atoms with Gasteiger partial charge in [0.05, 0.1) is 0 Å². The van der Waals surface area contributed by atoms with Gasteiger partial charge < -0.3 is 0 Å². The quantitative estimate of drug-likeness (QED) is 0.790. The van der Waals surface area contributed by atoms with Crippen LogP contribution in [0.2, 0.25) is 0 Å². The molecule has 0 unspecified atom stereocenters. The summed E-state index contributed by atoms with van der Waals surface area (Å²) in [5, 5.41) is 0. The fourth-order valence-corrected chi connectivity index (χ4v) is 1.91. The number of halogens is 2. The van der Waals surface area contributed by atoms with Crippen LogP contribution in [0.4, 0.5) is 8.78 Å². The molecule has 1 heterocycles. The van der Waals surface area contributed by atoms with Gasteiger partial charge in [0.2, 0.25) is 0 Å². The minimum atomic E-state index is -0.694. The Balaban J connectivity index is 2.26. The van der Waals surface area contributed by atoms with Gasteiger partial charge in [0.25, 0.3) is 0 Å². The van der Waals surface area contributed by atoms with E-state index >= 15 is 0 Å². The molecule has 98 valence electrons. The van der Waals surface area contributed by atoms with Crippen LogP contribution in [0.1, 0.15) is 28.4 Å². The number of aryl methyl sites for hydroxylation is 1. The van der Waals surface area contributed by atoms with E-state index in [0.29, 0.717) is 12.0 Å². The van der Waals surface area contributed by atoms with E-state index < -0.39 is 11.6 Å². The molecule has 0 aliphatic carbocycles. The number of hydrogen-bond acceptors (Lipinski definition) is 2. The average Bonchev–Trinajstić information content (AvgIpc) is 2.41. The summed E-state index contributed by atoms with van der Waals surface area (Å²) in [7, 11) is 0. The van der Waals surface area contributed by atoms with Gasteiger partial charge >= 0.3 is 0 Å². The number of Topliss-reactive ketones (excluding diaryl/α,β-unsaturated/α-hetero) is 1. The van der Waals surface area contributed by atoms with Crippen molar-refractivity contribution >= 4 is 5.78 Å². The number of nitrogens with zero attached hydrogens (tertiary/aromatic N) is 1. The number of rotatable bonds is 4. The lowest BCUT2D eigenvalue weighted by Crippen LogP contribution is -2.08. The molecule has 4 heteroatoms. The van der Waals surface area contributed by atoms with Gasteiger partial charge in [-0.15, -0.1) is 0 Å². The number of ketones is 1. The second kappa shape index (κ2) is 5.69. The zero-order valence-corrected chi connectivity index (χ0v) is 10.5. The molecule has 19 heavy (non-hydrogen) atoms. The number of benzene rings is 1. The van der Waals surface area contributed by atoms with Crippen molar-refractivity contribution in [3.05, 3.63) is 65.0 Å². The molecule has 2 nitrogen and oxygen atoms in total. The lowest BCUT2D eigenvalue weighted by Gasteiger charge is -2.07. The average molecular weight is 261 g/mol. The van der Waals surface area contributed by atoms with Crippen molar-refractivity contribution in [2.24, 2.45) is 0 Å². The SMILES string of the molecule is CCc1cnccc1C(=O)Cc1ccc(F)cc1F. The Morgan fingerprint density at radius 3 is 2.68 bits per heavy atom. The summed E-state index contributed by atoms with van der Waals surface area (Å²) in [6, 6.07) is 4.87. The Labute approximate surface area is 110 Å². The third-order valence-electron chi connectivity index (χ3n) is 2.95. The van der Waals surface area contributed by atoms with Crippen LogP contribution < -0.4 is 0 Å². The summed E-state index contributed by atoms with van der Waals surface area (Å²) in [5.74, 6) is -1.53. The van der Waals surface area contributed by atoms with E-state index in [1.807, 2.05) is 6.92 Å². The third-order valence-corrected chi connectivity index (χ3v) is 2.95. The van der Waals surface area contributed by atoms with Crippen LogP contribution in [0.15, 0.2) is 36.7 Å². The zero-order valence-electron chi connectivity index (χ0n) is 10.5. The molecule has 0 radical (unpaired) electrons. The van der Waals surface area contributed by atoms with Crippen LogP contribution in [0.3, 0.4) is 0 Å². The molecule has 0 amide bonds. The molecule has 0 saturated heterocycles. The summed E-state index contributed by atoms with van der Waals surface area (Å²) >= 11 is 0. The maximum Gasteiger partial charge on any atom is 0.167 e. The molecule has 0 N–H and O–H groups in total. The fraction of sp³-hybridized carbons (Fsp3) is 0.200. The van der Waals surface area contributed by atoms with Gasteiger partial charge in [0.1, 0.15) is 11.6 Å². The first-order chi connectivity index (χ1) is 9.11. The van der Waals surface area contributed by atoms with E-state index in [1.54, 1.807) is 12.3 Å². The largest absolute Gasteiger partial charge is 0.294 e. The van der Waals surface area contributed by atoms with Gasteiger partial charge in [-0.25, -0.2) is 8.78 Å². The van der Waals surface area contributed by atoms with Gasteiger partial charge in [-0.05, 0) is 29.7 Å². The highest BCUT2D eigenvalue weighted by atomic mass is 19.1. The lowest BCUT2D eigenvalue weighted by atomic mass is 9.99.